The molecule has 1 atom stereocenters. The summed E-state index contributed by atoms with van der Waals surface area (Å²) in [6.07, 6.45) is 7.30. The summed E-state index contributed by atoms with van der Waals surface area (Å²) in [6.45, 7) is 5.94. The lowest BCUT2D eigenvalue weighted by Crippen LogP contribution is -2.52. The molecule has 5 rings (SSSR count). The quantitative estimate of drug-likeness (QED) is 0.605. The van der Waals surface area contributed by atoms with E-state index >= 15 is 0 Å². The fourth-order valence-electron chi connectivity index (χ4n) is 4.81. The van der Waals surface area contributed by atoms with Crippen LogP contribution < -0.4 is 4.90 Å². The largest absolute Gasteiger partial charge is 0.356 e. The number of carbonyl (C=O) groups is 1. The van der Waals surface area contributed by atoms with Gasteiger partial charge in [-0.05, 0) is 24.5 Å². The molecular weight excluding hydrogens is 412 g/mol. The predicted octanol–water partition coefficient (Wildman–Crippen LogP) is 3.10. The zero-order valence-electron chi connectivity index (χ0n) is 18.9. The van der Waals surface area contributed by atoms with Crippen molar-refractivity contribution >= 4 is 11.7 Å². The third-order valence-electron chi connectivity index (χ3n) is 6.63. The summed E-state index contributed by atoms with van der Waals surface area (Å²) < 4.78 is 0. The van der Waals surface area contributed by atoms with Gasteiger partial charge in [-0.15, -0.1) is 0 Å². The van der Waals surface area contributed by atoms with Crippen LogP contribution in [0.4, 0.5) is 5.82 Å². The van der Waals surface area contributed by atoms with Crippen molar-refractivity contribution in [1.82, 2.24) is 24.8 Å². The van der Waals surface area contributed by atoms with E-state index < -0.39 is 0 Å². The number of amides is 1. The first kappa shape index (κ1) is 21.5. The fourth-order valence-corrected chi connectivity index (χ4v) is 4.81. The van der Waals surface area contributed by atoms with Crippen LogP contribution in [0, 0.1) is 5.92 Å². The number of aromatic nitrogens is 3. The molecule has 2 aliphatic rings. The van der Waals surface area contributed by atoms with Gasteiger partial charge in [0.05, 0.1) is 11.6 Å². The molecule has 0 aliphatic carbocycles. The van der Waals surface area contributed by atoms with Crippen molar-refractivity contribution in [2.75, 3.05) is 44.2 Å². The molecule has 0 radical (unpaired) electrons. The number of benzene rings is 1. The molecule has 2 fully saturated rings. The molecule has 33 heavy (non-hydrogen) atoms. The van der Waals surface area contributed by atoms with Crippen LogP contribution in [0.3, 0.4) is 0 Å². The van der Waals surface area contributed by atoms with E-state index in [2.05, 4.69) is 47.9 Å². The molecule has 3 aromatic rings. The number of rotatable bonds is 5. The Kier molecular flexibility index (Phi) is 6.58. The Morgan fingerprint density at radius 1 is 0.970 bits per heavy atom. The molecule has 2 aliphatic heterocycles. The van der Waals surface area contributed by atoms with E-state index in [1.54, 1.807) is 12.5 Å². The number of piperazine rings is 1. The van der Waals surface area contributed by atoms with Gasteiger partial charge in [-0.3, -0.25) is 14.7 Å². The minimum absolute atomic E-state index is 0.0266. The second kappa shape index (κ2) is 10.1. The average molecular weight is 443 g/mol. The van der Waals surface area contributed by atoms with E-state index in [1.165, 1.54) is 5.56 Å². The molecule has 0 spiro atoms. The van der Waals surface area contributed by atoms with Crippen LogP contribution >= 0.6 is 0 Å². The van der Waals surface area contributed by atoms with Gasteiger partial charge in [0.2, 0.25) is 5.91 Å². The number of nitrogens with zero attached hydrogens (tertiary/aromatic N) is 6. The lowest BCUT2D eigenvalue weighted by molar-refractivity contribution is -0.137. The molecule has 4 heterocycles. The van der Waals surface area contributed by atoms with Crippen molar-refractivity contribution in [2.24, 2.45) is 5.92 Å². The maximum Gasteiger partial charge on any atom is 0.227 e. The third-order valence-corrected chi connectivity index (χ3v) is 6.63. The van der Waals surface area contributed by atoms with Gasteiger partial charge >= 0.3 is 0 Å². The normalized spacial score (nSPS) is 19.5. The van der Waals surface area contributed by atoms with E-state index in [0.29, 0.717) is 0 Å². The van der Waals surface area contributed by atoms with Crippen molar-refractivity contribution in [3.05, 3.63) is 72.8 Å². The van der Waals surface area contributed by atoms with E-state index in [-0.39, 0.29) is 11.8 Å². The summed E-state index contributed by atoms with van der Waals surface area (Å²) in [4.78, 5) is 33.2. The molecular formula is C26H30N6O. The molecule has 1 amide bonds. The second-order valence-corrected chi connectivity index (χ2v) is 8.88. The van der Waals surface area contributed by atoms with Crippen LogP contribution in [-0.2, 0) is 11.3 Å². The van der Waals surface area contributed by atoms with Crippen LogP contribution in [0.2, 0.25) is 0 Å². The van der Waals surface area contributed by atoms with Gasteiger partial charge < -0.3 is 9.80 Å². The number of anilines is 1. The molecule has 0 N–H and O–H groups in total. The minimum Gasteiger partial charge on any atom is -0.356 e. The van der Waals surface area contributed by atoms with Gasteiger partial charge in [-0.1, -0.05) is 36.4 Å². The summed E-state index contributed by atoms with van der Waals surface area (Å²) in [5.74, 6) is 1.22. The highest BCUT2D eigenvalue weighted by atomic mass is 16.2. The summed E-state index contributed by atoms with van der Waals surface area (Å²) in [5, 5.41) is 0. The van der Waals surface area contributed by atoms with Gasteiger partial charge in [0.1, 0.15) is 12.1 Å². The van der Waals surface area contributed by atoms with Gasteiger partial charge in [-0.25, -0.2) is 9.97 Å². The van der Waals surface area contributed by atoms with E-state index in [1.807, 2.05) is 36.5 Å². The van der Waals surface area contributed by atoms with E-state index in [9.17, 15) is 4.79 Å². The standard InChI is InChI=1S/C26H30N6O/c33-26(31-14-12-30(13-15-31)18-21-6-4-10-27-17-21)23-9-5-11-32(19-23)25-16-24(28-20-29-25)22-7-2-1-3-8-22/h1-4,6-8,10,16-17,20,23H,5,9,11-15,18-19H2. The Labute approximate surface area is 195 Å². The average Bonchev–Trinajstić information content (AvgIpc) is 2.90. The van der Waals surface area contributed by atoms with Crippen LogP contribution in [0.25, 0.3) is 11.3 Å². The smallest absolute Gasteiger partial charge is 0.227 e. The first-order valence-corrected chi connectivity index (χ1v) is 11.8. The van der Waals surface area contributed by atoms with Gasteiger partial charge in [0.15, 0.2) is 0 Å². The lowest BCUT2D eigenvalue weighted by atomic mass is 9.96. The molecule has 2 aromatic heterocycles. The zero-order valence-corrected chi connectivity index (χ0v) is 18.9. The number of hydrogen-bond acceptors (Lipinski definition) is 6. The number of hydrogen-bond donors (Lipinski definition) is 0. The Bertz CT molecular complexity index is 1050. The van der Waals surface area contributed by atoms with Crippen molar-refractivity contribution in [3.8, 4) is 11.3 Å². The van der Waals surface area contributed by atoms with Crippen LogP contribution in [0.5, 0.6) is 0 Å². The Morgan fingerprint density at radius 3 is 2.61 bits per heavy atom. The molecule has 1 aromatic carbocycles. The molecule has 7 nitrogen and oxygen atoms in total. The van der Waals surface area contributed by atoms with Crippen molar-refractivity contribution in [1.29, 1.82) is 0 Å². The van der Waals surface area contributed by atoms with Crippen molar-refractivity contribution < 1.29 is 4.79 Å². The van der Waals surface area contributed by atoms with Crippen LogP contribution in [-0.4, -0.2) is 69.9 Å². The Balaban J connectivity index is 1.19. The highest BCUT2D eigenvalue weighted by Crippen LogP contribution is 2.26. The highest BCUT2D eigenvalue weighted by molar-refractivity contribution is 5.80. The van der Waals surface area contributed by atoms with Crippen LogP contribution in [0.1, 0.15) is 18.4 Å². The minimum atomic E-state index is 0.0266. The molecule has 2 saturated heterocycles. The molecule has 170 valence electrons. The molecule has 1 unspecified atom stereocenters. The zero-order chi connectivity index (χ0) is 22.5. The first-order chi connectivity index (χ1) is 16.3. The van der Waals surface area contributed by atoms with E-state index in [4.69, 9.17) is 0 Å². The lowest BCUT2D eigenvalue weighted by Gasteiger charge is -2.39. The van der Waals surface area contributed by atoms with E-state index in [0.717, 1.165) is 75.7 Å². The summed E-state index contributed by atoms with van der Waals surface area (Å²) in [7, 11) is 0. The predicted molar refractivity (Wildman–Crippen MR) is 128 cm³/mol. The van der Waals surface area contributed by atoms with Crippen LogP contribution in [0.15, 0.2) is 67.3 Å². The molecule has 0 bridgehead atoms. The summed E-state index contributed by atoms with van der Waals surface area (Å²) in [6, 6.07) is 16.3. The SMILES string of the molecule is O=C(C1CCCN(c2cc(-c3ccccc3)ncn2)C1)N1CCN(Cc2cccnc2)CC1. The maximum atomic E-state index is 13.3. The number of carbonyl (C=O) groups excluding carboxylic acids is 1. The Morgan fingerprint density at radius 2 is 1.82 bits per heavy atom. The summed E-state index contributed by atoms with van der Waals surface area (Å²) >= 11 is 0. The number of piperidine rings is 1. The molecule has 7 heteroatoms. The second-order valence-electron chi connectivity index (χ2n) is 8.88. The summed E-state index contributed by atoms with van der Waals surface area (Å²) in [5.41, 5.74) is 3.22. The maximum absolute atomic E-state index is 13.3. The van der Waals surface area contributed by atoms with Crippen molar-refractivity contribution in [3.63, 3.8) is 0 Å². The topological polar surface area (TPSA) is 65.5 Å². The molecule has 0 saturated carbocycles. The van der Waals surface area contributed by atoms with Gasteiger partial charge in [0.25, 0.3) is 0 Å². The highest BCUT2D eigenvalue weighted by Gasteiger charge is 2.31. The Hall–Kier alpha value is -3.32. The number of pyridine rings is 1. The third kappa shape index (κ3) is 5.20. The fraction of sp³-hybridized carbons (Fsp3) is 0.385. The van der Waals surface area contributed by atoms with Gasteiger partial charge in [-0.2, -0.15) is 0 Å². The monoisotopic (exact) mass is 442 g/mol. The first-order valence-electron chi connectivity index (χ1n) is 11.8. The van der Waals surface area contributed by atoms with Crippen molar-refractivity contribution in [2.45, 2.75) is 19.4 Å². The van der Waals surface area contributed by atoms with Gasteiger partial charge in [0, 0.05) is 69.8 Å².